The van der Waals surface area contributed by atoms with Gasteiger partial charge in [0.25, 0.3) is 0 Å². The van der Waals surface area contributed by atoms with Crippen LogP contribution in [0.5, 0.6) is 5.75 Å². The second kappa shape index (κ2) is 4.11. The lowest BCUT2D eigenvalue weighted by Gasteiger charge is -2.10. The highest BCUT2D eigenvalue weighted by Gasteiger charge is 2.17. The fraction of sp³-hybridized carbons (Fsp3) is 0.333. The second-order valence-corrected chi connectivity index (χ2v) is 4.81. The predicted octanol–water partition coefficient (Wildman–Crippen LogP) is 3.27. The minimum atomic E-state index is -0.0167. The van der Waals surface area contributed by atoms with Crippen molar-refractivity contribution >= 4 is 26.8 Å². The molecule has 1 aromatic heterocycles. The molecule has 0 bridgehead atoms. The van der Waals surface area contributed by atoms with Crippen LogP contribution in [-0.2, 0) is 0 Å². The van der Waals surface area contributed by atoms with Crippen molar-refractivity contribution in [3.63, 3.8) is 0 Å². The van der Waals surface area contributed by atoms with Crippen LogP contribution in [0, 0.1) is 6.92 Å². The smallest absolute Gasteiger partial charge is 0.142 e. The van der Waals surface area contributed by atoms with E-state index >= 15 is 0 Å². The molecule has 2 aromatic rings. The van der Waals surface area contributed by atoms with Crippen LogP contribution in [0.15, 0.2) is 16.6 Å². The maximum absolute atomic E-state index is 6.01. The van der Waals surface area contributed by atoms with E-state index in [0.717, 1.165) is 32.4 Å². The molecule has 86 valence electrons. The third-order valence-corrected chi connectivity index (χ3v) is 3.39. The summed E-state index contributed by atoms with van der Waals surface area (Å²) in [5.41, 5.74) is 9.29. The average Bonchev–Trinajstić information content (AvgIpc) is 2.54. The molecule has 16 heavy (non-hydrogen) atoms. The number of aromatic amines is 1. The molecule has 0 saturated heterocycles. The molecule has 0 saturated carbocycles. The van der Waals surface area contributed by atoms with Crippen molar-refractivity contribution in [3.8, 4) is 5.75 Å². The van der Waals surface area contributed by atoms with Crippen LogP contribution < -0.4 is 10.5 Å². The molecule has 0 aliphatic carbocycles. The molecule has 2 rings (SSSR count). The Morgan fingerprint density at radius 2 is 2.12 bits per heavy atom. The number of aromatic nitrogens is 1. The first-order chi connectivity index (χ1) is 7.56. The van der Waals surface area contributed by atoms with E-state index in [1.54, 1.807) is 7.11 Å². The molecule has 1 unspecified atom stereocenters. The Morgan fingerprint density at radius 1 is 1.44 bits per heavy atom. The highest BCUT2D eigenvalue weighted by molar-refractivity contribution is 9.10. The number of benzene rings is 1. The Kier molecular flexibility index (Phi) is 2.95. The lowest BCUT2D eigenvalue weighted by atomic mass is 10.0. The first kappa shape index (κ1) is 11.5. The van der Waals surface area contributed by atoms with Crippen molar-refractivity contribution in [3.05, 3.63) is 27.9 Å². The lowest BCUT2D eigenvalue weighted by molar-refractivity contribution is 0.417. The molecule has 0 spiro atoms. The van der Waals surface area contributed by atoms with Gasteiger partial charge in [0.05, 0.1) is 11.6 Å². The third-order valence-electron chi connectivity index (χ3n) is 2.76. The molecule has 0 aliphatic heterocycles. The van der Waals surface area contributed by atoms with Gasteiger partial charge in [-0.2, -0.15) is 0 Å². The van der Waals surface area contributed by atoms with Gasteiger partial charge in [0, 0.05) is 28.2 Å². The van der Waals surface area contributed by atoms with Gasteiger partial charge in [-0.1, -0.05) is 0 Å². The van der Waals surface area contributed by atoms with E-state index in [9.17, 15) is 0 Å². The fourth-order valence-electron chi connectivity index (χ4n) is 2.15. The number of hydrogen-bond acceptors (Lipinski definition) is 2. The Morgan fingerprint density at radius 3 is 2.69 bits per heavy atom. The van der Waals surface area contributed by atoms with E-state index in [1.807, 2.05) is 26.0 Å². The average molecular weight is 283 g/mol. The van der Waals surface area contributed by atoms with Crippen molar-refractivity contribution in [2.75, 3.05) is 7.11 Å². The van der Waals surface area contributed by atoms with E-state index in [1.165, 1.54) is 0 Å². The van der Waals surface area contributed by atoms with Gasteiger partial charge in [0.2, 0.25) is 0 Å². The zero-order chi connectivity index (χ0) is 11.9. The van der Waals surface area contributed by atoms with E-state index in [0.29, 0.717) is 0 Å². The SMILES string of the molecule is COc1c(Br)ccc2[nH]c(C)c(C(C)N)c12. The maximum atomic E-state index is 6.01. The maximum Gasteiger partial charge on any atom is 0.142 e. The van der Waals surface area contributed by atoms with E-state index in [2.05, 4.69) is 20.9 Å². The van der Waals surface area contributed by atoms with Gasteiger partial charge in [-0.15, -0.1) is 0 Å². The highest BCUT2D eigenvalue weighted by Crippen LogP contribution is 2.38. The molecule has 3 nitrogen and oxygen atoms in total. The number of methoxy groups -OCH3 is 1. The van der Waals surface area contributed by atoms with Gasteiger partial charge in [-0.3, -0.25) is 0 Å². The number of rotatable bonds is 2. The molecule has 1 heterocycles. The minimum Gasteiger partial charge on any atom is -0.495 e. The van der Waals surface area contributed by atoms with Crippen molar-refractivity contribution in [2.45, 2.75) is 19.9 Å². The number of aryl methyl sites for hydroxylation is 1. The molecule has 1 atom stereocenters. The van der Waals surface area contributed by atoms with Gasteiger partial charge < -0.3 is 15.5 Å². The minimum absolute atomic E-state index is 0.0167. The monoisotopic (exact) mass is 282 g/mol. The first-order valence-corrected chi connectivity index (χ1v) is 5.95. The Balaban J connectivity index is 2.88. The van der Waals surface area contributed by atoms with Crippen LogP contribution in [0.1, 0.15) is 24.2 Å². The largest absolute Gasteiger partial charge is 0.495 e. The summed E-state index contributed by atoms with van der Waals surface area (Å²) in [6, 6.07) is 3.99. The predicted molar refractivity (Wildman–Crippen MR) is 69.9 cm³/mol. The van der Waals surface area contributed by atoms with Gasteiger partial charge in [0.1, 0.15) is 5.75 Å². The van der Waals surface area contributed by atoms with E-state index < -0.39 is 0 Å². The van der Waals surface area contributed by atoms with Gasteiger partial charge in [-0.05, 0) is 41.9 Å². The Labute approximate surface area is 103 Å². The normalized spacial score (nSPS) is 13.1. The van der Waals surface area contributed by atoms with Crippen molar-refractivity contribution < 1.29 is 4.74 Å². The van der Waals surface area contributed by atoms with Crippen LogP contribution in [0.2, 0.25) is 0 Å². The molecule has 0 aliphatic rings. The summed E-state index contributed by atoms with van der Waals surface area (Å²) < 4.78 is 6.39. The molecular weight excluding hydrogens is 268 g/mol. The van der Waals surface area contributed by atoms with Crippen molar-refractivity contribution in [1.29, 1.82) is 0 Å². The van der Waals surface area contributed by atoms with Crippen LogP contribution in [0.3, 0.4) is 0 Å². The number of H-pyrrole nitrogens is 1. The molecule has 4 heteroatoms. The summed E-state index contributed by atoms with van der Waals surface area (Å²) in [4.78, 5) is 3.33. The zero-order valence-electron chi connectivity index (χ0n) is 9.60. The second-order valence-electron chi connectivity index (χ2n) is 3.96. The number of nitrogens with one attached hydrogen (secondary N) is 1. The van der Waals surface area contributed by atoms with Crippen LogP contribution in [0.25, 0.3) is 10.9 Å². The molecular formula is C12H15BrN2O. The summed E-state index contributed by atoms with van der Waals surface area (Å²) in [7, 11) is 1.67. The topological polar surface area (TPSA) is 51.0 Å². The Hall–Kier alpha value is -1.00. The fourth-order valence-corrected chi connectivity index (χ4v) is 2.65. The molecule has 0 fully saturated rings. The molecule has 3 N–H and O–H groups in total. The molecule has 1 aromatic carbocycles. The van der Waals surface area contributed by atoms with Crippen LogP contribution in [-0.4, -0.2) is 12.1 Å². The van der Waals surface area contributed by atoms with Crippen molar-refractivity contribution in [1.82, 2.24) is 4.98 Å². The van der Waals surface area contributed by atoms with E-state index in [-0.39, 0.29) is 6.04 Å². The number of halogens is 1. The van der Waals surface area contributed by atoms with Crippen molar-refractivity contribution in [2.24, 2.45) is 5.73 Å². The molecule has 0 radical (unpaired) electrons. The third kappa shape index (κ3) is 1.62. The van der Waals surface area contributed by atoms with Crippen LogP contribution >= 0.6 is 15.9 Å². The zero-order valence-corrected chi connectivity index (χ0v) is 11.2. The standard InChI is InChI=1S/C12H15BrN2O/c1-6(14)10-7(2)15-9-5-4-8(13)12(16-3)11(9)10/h4-6,15H,14H2,1-3H3. The quantitative estimate of drug-likeness (QED) is 0.888. The number of ether oxygens (including phenoxy) is 1. The summed E-state index contributed by atoms with van der Waals surface area (Å²) in [5, 5.41) is 1.07. The van der Waals surface area contributed by atoms with E-state index in [4.69, 9.17) is 10.5 Å². The molecule has 0 amide bonds. The first-order valence-electron chi connectivity index (χ1n) is 5.16. The van der Waals surface area contributed by atoms with Crippen LogP contribution in [0.4, 0.5) is 0 Å². The summed E-state index contributed by atoms with van der Waals surface area (Å²) in [6.45, 7) is 4.02. The van der Waals surface area contributed by atoms with Gasteiger partial charge in [-0.25, -0.2) is 0 Å². The summed E-state index contributed by atoms with van der Waals surface area (Å²) in [6.07, 6.45) is 0. The number of nitrogens with two attached hydrogens (primary N) is 1. The van der Waals surface area contributed by atoms with Gasteiger partial charge in [0.15, 0.2) is 0 Å². The summed E-state index contributed by atoms with van der Waals surface area (Å²) >= 11 is 3.49. The number of hydrogen-bond donors (Lipinski definition) is 2. The Bertz CT molecular complexity index is 531. The lowest BCUT2D eigenvalue weighted by Crippen LogP contribution is -2.06. The number of fused-ring (bicyclic) bond motifs is 1. The highest BCUT2D eigenvalue weighted by atomic mass is 79.9. The van der Waals surface area contributed by atoms with Gasteiger partial charge >= 0.3 is 0 Å². The summed E-state index contributed by atoms with van der Waals surface area (Å²) in [5.74, 6) is 0.842.